The van der Waals surface area contributed by atoms with E-state index < -0.39 is 17.7 Å². The van der Waals surface area contributed by atoms with Crippen molar-refractivity contribution in [3.8, 4) is 11.3 Å². The molecule has 0 aliphatic carbocycles. The van der Waals surface area contributed by atoms with Crippen LogP contribution in [0.2, 0.25) is 0 Å². The summed E-state index contributed by atoms with van der Waals surface area (Å²) in [4.78, 5) is 52.0. The summed E-state index contributed by atoms with van der Waals surface area (Å²) < 4.78 is 10.8. The van der Waals surface area contributed by atoms with Crippen molar-refractivity contribution in [2.45, 2.75) is 59.1 Å². The number of amides is 2. The number of aryl methyl sites for hydroxylation is 1. The number of pyridine rings is 1. The predicted molar refractivity (Wildman–Crippen MR) is 142 cm³/mol. The number of hydrogen-bond donors (Lipinski definition) is 2. The lowest BCUT2D eigenvalue weighted by atomic mass is 10.1. The van der Waals surface area contributed by atoms with E-state index in [-0.39, 0.29) is 24.2 Å². The highest BCUT2D eigenvalue weighted by Gasteiger charge is 2.36. The molecule has 2 aromatic heterocycles. The van der Waals surface area contributed by atoms with Gasteiger partial charge in [-0.1, -0.05) is 12.1 Å². The van der Waals surface area contributed by atoms with Gasteiger partial charge in [0.25, 0.3) is 5.91 Å². The molecule has 3 heterocycles. The summed E-state index contributed by atoms with van der Waals surface area (Å²) in [5, 5.41) is 2.78. The van der Waals surface area contributed by atoms with Gasteiger partial charge in [-0.2, -0.15) is 0 Å². The van der Waals surface area contributed by atoms with Crippen LogP contribution in [0.15, 0.2) is 42.6 Å². The van der Waals surface area contributed by atoms with Crippen molar-refractivity contribution in [3.05, 3.63) is 65.2 Å². The smallest absolute Gasteiger partial charge is 0.410 e. The number of anilines is 1. The second-order valence-electron chi connectivity index (χ2n) is 10.1. The van der Waals surface area contributed by atoms with E-state index in [0.717, 1.165) is 12.0 Å². The SMILES string of the molecule is CCOC(=O)c1[nH]c([C@@H]2CCCN2C(=O)OC(C)(C)C)nc1-c1ccc(C(=O)Nc2cc(C)ccn2)cc1. The number of esters is 1. The number of rotatable bonds is 6. The number of carbonyl (C=O) groups is 3. The van der Waals surface area contributed by atoms with Crippen molar-refractivity contribution in [1.29, 1.82) is 0 Å². The van der Waals surface area contributed by atoms with Crippen molar-refractivity contribution in [2.24, 2.45) is 0 Å². The first-order chi connectivity index (χ1) is 18.1. The van der Waals surface area contributed by atoms with Gasteiger partial charge < -0.3 is 19.8 Å². The molecule has 10 nitrogen and oxygen atoms in total. The van der Waals surface area contributed by atoms with E-state index in [1.54, 1.807) is 48.4 Å². The molecule has 200 valence electrons. The Morgan fingerprint density at radius 1 is 1.16 bits per heavy atom. The minimum absolute atomic E-state index is 0.194. The molecule has 38 heavy (non-hydrogen) atoms. The van der Waals surface area contributed by atoms with Gasteiger partial charge in [-0.25, -0.2) is 19.6 Å². The molecular formula is C28H33N5O5. The molecule has 0 spiro atoms. The van der Waals surface area contributed by atoms with Crippen molar-refractivity contribution < 1.29 is 23.9 Å². The van der Waals surface area contributed by atoms with Gasteiger partial charge in [0.1, 0.15) is 22.9 Å². The van der Waals surface area contributed by atoms with Crippen LogP contribution in [0.1, 0.15) is 78.8 Å². The third-order valence-corrected chi connectivity index (χ3v) is 5.98. The molecular weight excluding hydrogens is 486 g/mol. The number of benzene rings is 1. The fourth-order valence-electron chi connectivity index (χ4n) is 4.27. The number of H-pyrrole nitrogens is 1. The van der Waals surface area contributed by atoms with E-state index in [2.05, 4.69) is 15.3 Å². The van der Waals surface area contributed by atoms with E-state index >= 15 is 0 Å². The van der Waals surface area contributed by atoms with Crippen molar-refractivity contribution in [2.75, 3.05) is 18.5 Å². The second-order valence-corrected chi connectivity index (χ2v) is 10.1. The topological polar surface area (TPSA) is 127 Å². The second kappa shape index (κ2) is 11.0. The van der Waals surface area contributed by atoms with Gasteiger partial charge in [0.15, 0.2) is 5.69 Å². The Labute approximate surface area is 221 Å². The first kappa shape index (κ1) is 26.8. The molecule has 10 heteroatoms. The molecule has 0 unspecified atom stereocenters. The van der Waals surface area contributed by atoms with Gasteiger partial charge in [0.2, 0.25) is 0 Å². The van der Waals surface area contributed by atoms with Gasteiger partial charge in [-0.3, -0.25) is 9.69 Å². The lowest BCUT2D eigenvalue weighted by molar-refractivity contribution is 0.0218. The zero-order chi connectivity index (χ0) is 27.4. The fraction of sp³-hybridized carbons (Fsp3) is 0.393. The van der Waals surface area contributed by atoms with Crippen LogP contribution in [0.4, 0.5) is 10.6 Å². The Morgan fingerprint density at radius 2 is 1.89 bits per heavy atom. The van der Waals surface area contributed by atoms with Crippen LogP contribution in [0, 0.1) is 6.92 Å². The highest BCUT2D eigenvalue weighted by molar-refractivity contribution is 6.04. The summed E-state index contributed by atoms with van der Waals surface area (Å²) in [6, 6.07) is 10.0. The van der Waals surface area contributed by atoms with Crippen LogP contribution in [-0.4, -0.2) is 56.6 Å². The minimum Gasteiger partial charge on any atom is -0.461 e. The van der Waals surface area contributed by atoms with E-state index in [1.165, 1.54) is 0 Å². The van der Waals surface area contributed by atoms with Crippen LogP contribution >= 0.6 is 0 Å². The molecule has 0 saturated carbocycles. The highest BCUT2D eigenvalue weighted by atomic mass is 16.6. The number of likely N-dealkylation sites (tertiary alicyclic amines) is 1. The third-order valence-electron chi connectivity index (χ3n) is 5.98. The van der Waals surface area contributed by atoms with Gasteiger partial charge in [-0.05, 0) is 77.3 Å². The van der Waals surface area contributed by atoms with Crippen LogP contribution in [0.25, 0.3) is 11.3 Å². The lowest BCUT2D eigenvalue weighted by Crippen LogP contribution is -2.36. The maximum absolute atomic E-state index is 12.8. The maximum Gasteiger partial charge on any atom is 0.410 e. The van der Waals surface area contributed by atoms with Gasteiger partial charge in [0.05, 0.1) is 12.6 Å². The molecule has 1 atom stereocenters. The Bertz CT molecular complexity index is 1330. The van der Waals surface area contributed by atoms with Crippen LogP contribution in [-0.2, 0) is 9.47 Å². The third kappa shape index (κ3) is 6.19. The summed E-state index contributed by atoms with van der Waals surface area (Å²) in [6.45, 7) is 9.84. The standard InChI is InChI=1S/C28H33N5O5/c1-6-37-26(35)23-22(31-24(32-23)20-8-7-15-33(20)27(36)38-28(3,4)5)18-9-11-19(12-10-18)25(34)30-21-16-17(2)13-14-29-21/h9-14,16,20H,6-8,15H2,1-5H3,(H,31,32)(H,29,30,34)/t20-/m0/s1. The van der Waals surface area contributed by atoms with Crippen molar-refractivity contribution in [3.63, 3.8) is 0 Å². The first-order valence-electron chi connectivity index (χ1n) is 12.7. The Morgan fingerprint density at radius 3 is 2.55 bits per heavy atom. The number of nitrogens with one attached hydrogen (secondary N) is 2. The number of ether oxygens (including phenoxy) is 2. The van der Waals surface area contributed by atoms with E-state index in [0.29, 0.717) is 41.4 Å². The van der Waals surface area contributed by atoms with Crippen molar-refractivity contribution >= 4 is 23.8 Å². The average Bonchev–Trinajstić information content (AvgIpc) is 3.51. The van der Waals surface area contributed by atoms with Crippen LogP contribution in [0.5, 0.6) is 0 Å². The van der Waals surface area contributed by atoms with E-state index in [4.69, 9.17) is 14.5 Å². The minimum atomic E-state index is -0.627. The molecule has 1 fully saturated rings. The highest BCUT2D eigenvalue weighted by Crippen LogP contribution is 2.34. The van der Waals surface area contributed by atoms with Gasteiger partial charge in [-0.15, -0.1) is 0 Å². The molecule has 3 aromatic rings. The Balaban J connectivity index is 1.61. The number of carbonyl (C=O) groups excluding carboxylic acids is 3. The number of nitrogens with zero attached hydrogens (tertiary/aromatic N) is 3. The normalized spacial score (nSPS) is 15.3. The molecule has 1 aromatic carbocycles. The molecule has 1 saturated heterocycles. The molecule has 4 rings (SSSR count). The molecule has 0 bridgehead atoms. The van der Waals surface area contributed by atoms with Crippen LogP contribution < -0.4 is 5.32 Å². The van der Waals surface area contributed by atoms with Crippen molar-refractivity contribution in [1.82, 2.24) is 19.9 Å². The van der Waals surface area contributed by atoms with E-state index in [9.17, 15) is 14.4 Å². The first-order valence-corrected chi connectivity index (χ1v) is 12.7. The van der Waals surface area contributed by atoms with Gasteiger partial charge in [0, 0.05) is 23.9 Å². The number of hydrogen-bond acceptors (Lipinski definition) is 7. The fourth-order valence-corrected chi connectivity index (χ4v) is 4.27. The predicted octanol–water partition coefficient (Wildman–Crippen LogP) is 5.28. The summed E-state index contributed by atoms with van der Waals surface area (Å²) in [5.74, 6) is 0.0998. The molecule has 2 amide bonds. The number of aromatic nitrogens is 3. The zero-order valence-corrected chi connectivity index (χ0v) is 22.3. The largest absolute Gasteiger partial charge is 0.461 e. The Hall–Kier alpha value is -4.21. The quantitative estimate of drug-likeness (QED) is 0.424. The van der Waals surface area contributed by atoms with Gasteiger partial charge >= 0.3 is 12.1 Å². The molecule has 2 N–H and O–H groups in total. The zero-order valence-electron chi connectivity index (χ0n) is 22.3. The van der Waals surface area contributed by atoms with Crippen LogP contribution in [0.3, 0.4) is 0 Å². The molecule has 1 aliphatic heterocycles. The monoisotopic (exact) mass is 519 g/mol. The maximum atomic E-state index is 12.8. The summed E-state index contributed by atoms with van der Waals surface area (Å²) in [6.07, 6.45) is 2.68. The number of imidazole rings is 1. The van der Waals surface area contributed by atoms with E-state index in [1.807, 2.05) is 33.8 Å². The average molecular weight is 520 g/mol. The number of aromatic amines is 1. The Kier molecular flexibility index (Phi) is 7.80. The lowest BCUT2D eigenvalue weighted by Gasteiger charge is -2.27. The molecule has 0 radical (unpaired) electrons. The summed E-state index contributed by atoms with van der Waals surface area (Å²) in [5.41, 5.74) is 2.00. The molecule has 1 aliphatic rings. The summed E-state index contributed by atoms with van der Waals surface area (Å²) in [7, 11) is 0. The summed E-state index contributed by atoms with van der Waals surface area (Å²) >= 11 is 0.